The van der Waals surface area contributed by atoms with Crippen molar-refractivity contribution in [3.8, 4) is 0 Å². The van der Waals surface area contributed by atoms with E-state index in [2.05, 4.69) is 31.9 Å². The minimum Gasteiger partial charge on any atom is -0.124 e. The molecule has 0 rings (SSSR count). The molecule has 0 saturated carbocycles. The number of halogens is 5. The molecule has 0 spiro atoms. The monoisotopic (exact) mass is 318 g/mol. The highest BCUT2D eigenvalue weighted by atomic mass is 79.9. The molecular weight excluding hydrogens is 318 g/mol. The second-order valence-electron chi connectivity index (χ2n) is 1.39. The molecule has 0 radical (unpaired) electrons. The minimum atomic E-state index is -2.61. The van der Waals surface area contributed by atoms with Gasteiger partial charge in [0, 0.05) is 0 Å². The third-order valence-electron chi connectivity index (χ3n) is 0.498. The lowest BCUT2D eigenvalue weighted by atomic mass is 11.0. The average Bonchev–Trinajstić information content (AvgIpc) is 1.25. The van der Waals surface area contributed by atoms with Crippen LogP contribution in [0.5, 0.6) is 0 Å². The topological polar surface area (TPSA) is 0 Å². The summed E-state index contributed by atoms with van der Waals surface area (Å²) >= 11 is 23.1. The van der Waals surface area contributed by atoms with Crippen molar-refractivity contribution >= 4 is 71.1 Å². The van der Waals surface area contributed by atoms with E-state index in [0.717, 1.165) is 0 Å². The van der Waals surface area contributed by atoms with Crippen molar-refractivity contribution in [2.24, 2.45) is 0 Å². The Labute approximate surface area is 80.2 Å². The summed E-state index contributed by atoms with van der Waals surface area (Å²) in [7, 11) is 0. The van der Waals surface area contributed by atoms with Gasteiger partial charge in [-0.25, -0.2) is 0 Å². The molecule has 0 N–H and O–H groups in total. The summed E-state index contributed by atoms with van der Waals surface area (Å²) in [6, 6.07) is -2.61. The Balaban J connectivity index is 4.02. The molecule has 0 fully saturated rings. The van der Waals surface area contributed by atoms with Crippen LogP contribution in [0.1, 0.15) is 6.92 Å². The first-order valence-corrected chi connectivity index (χ1v) is 8.32. The van der Waals surface area contributed by atoms with Gasteiger partial charge in [0.25, 0.3) is 0 Å². The van der Waals surface area contributed by atoms with Gasteiger partial charge < -0.3 is 0 Å². The summed E-state index contributed by atoms with van der Waals surface area (Å²) in [5.74, 6) is 0. The van der Waals surface area contributed by atoms with Crippen LogP contribution >= 0.6 is 65.1 Å². The Morgan fingerprint density at radius 1 is 1.25 bits per heavy atom. The molecular formula is C2H3Br2Cl3Si. The fourth-order valence-corrected chi connectivity index (χ4v) is 0. The van der Waals surface area contributed by atoms with Crippen LogP contribution < -0.4 is 0 Å². The van der Waals surface area contributed by atoms with Crippen LogP contribution in [0.2, 0.25) is 0 Å². The van der Waals surface area contributed by atoms with Gasteiger partial charge in [0.2, 0.25) is 0 Å². The van der Waals surface area contributed by atoms with Crippen LogP contribution in [0, 0.1) is 0 Å². The Kier molecular flexibility index (Phi) is 3.73. The second kappa shape index (κ2) is 2.97. The lowest BCUT2D eigenvalue weighted by molar-refractivity contribution is 1.34. The molecule has 0 bridgehead atoms. The first kappa shape index (κ1) is 10.0. The lowest BCUT2D eigenvalue weighted by Gasteiger charge is -2.19. The van der Waals surface area contributed by atoms with E-state index < -0.39 is 8.86 Å². The highest BCUT2D eigenvalue weighted by Gasteiger charge is 2.44. The molecule has 0 aliphatic rings. The largest absolute Gasteiger partial charge is 0.367 e. The predicted molar refractivity (Wildman–Crippen MR) is 49.6 cm³/mol. The number of alkyl halides is 2. The molecule has 0 saturated heterocycles. The van der Waals surface area contributed by atoms with Gasteiger partial charge in [0.1, 0.15) is 2.86 Å². The highest BCUT2D eigenvalue weighted by Crippen LogP contribution is 2.43. The molecule has 0 nitrogen and oxygen atoms in total. The Bertz CT molecular complexity index is 70.3. The quantitative estimate of drug-likeness (QED) is 0.393. The third-order valence-corrected chi connectivity index (χ3v) is 12.6. The molecule has 0 aliphatic carbocycles. The van der Waals surface area contributed by atoms with E-state index >= 15 is 0 Å². The highest BCUT2D eigenvalue weighted by molar-refractivity contribution is 9.26. The van der Waals surface area contributed by atoms with Crippen LogP contribution in [-0.4, -0.2) is 8.86 Å². The van der Waals surface area contributed by atoms with E-state index in [4.69, 9.17) is 33.2 Å². The van der Waals surface area contributed by atoms with Gasteiger partial charge in [-0.3, -0.25) is 0 Å². The minimum absolute atomic E-state index is 0.502. The lowest BCUT2D eigenvalue weighted by Crippen LogP contribution is -2.31. The zero-order valence-corrected chi connectivity index (χ0v) is 10.3. The van der Waals surface area contributed by atoms with Crippen LogP contribution in [0.4, 0.5) is 0 Å². The van der Waals surface area contributed by atoms with Gasteiger partial charge in [-0.15, -0.1) is 33.2 Å². The fraction of sp³-hybridized carbons (Fsp3) is 1.00. The summed E-state index contributed by atoms with van der Waals surface area (Å²) in [6.07, 6.45) is 0. The van der Waals surface area contributed by atoms with E-state index in [0.29, 0.717) is 0 Å². The molecule has 6 heteroatoms. The maximum absolute atomic E-state index is 5.59. The van der Waals surface area contributed by atoms with Crippen LogP contribution in [0.3, 0.4) is 0 Å². The molecule has 0 atom stereocenters. The van der Waals surface area contributed by atoms with Crippen molar-refractivity contribution in [3.63, 3.8) is 0 Å². The maximum Gasteiger partial charge on any atom is 0.367 e. The van der Waals surface area contributed by atoms with E-state index in [1.807, 2.05) is 0 Å². The molecule has 0 aromatic rings. The first-order valence-electron chi connectivity index (χ1n) is 1.69. The van der Waals surface area contributed by atoms with Crippen molar-refractivity contribution in [1.29, 1.82) is 0 Å². The molecule has 0 amide bonds. The van der Waals surface area contributed by atoms with Gasteiger partial charge in [-0.05, 0) is 6.92 Å². The maximum atomic E-state index is 5.59. The van der Waals surface area contributed by atoms with Crippen molar-refractivity contribution in [3.05, 3.63) is 0 Å². The third kappa shape index (κ3) is 3.27. The van der Waals surface area contributed by atoms with Crippen molar-refractivity contribution in [1.82, 2.24) is 0 Å². The summed E-state index contributed by atoms with van der Waals surface area (Å²) in [5, 5.41) is 0. The molecule has 50 valence electrons. The number of rotatable bonds is 1. The van der Waals surface area contributed by atoms with Gasteiger partial charge in [-0.1, -0.05) is 31.9 Å². The SMILES string of the molecule is CC(Br)(Br)[Si](Cl)(Cl)Cl. The summed E-state index contributed by atoms with van der Waals surface area (Å²) in [5.41, 5.74) is 0. The Morgan fingerprint density at radius 3 is 1.38 bits per heavy atom. The van der Waals surface area contributed by atoms with E-state index in [1.54, 1.807) is 6.92 Å². The van der Waals surface area contributed by atoms with Gasteiger partial charge in [0.15, 0.2) is 0 Å². The molecule has 0 aliphatic heterocycles. The summed E-state index contributed by atoms with van der Waals surface area (Å²) in [6.45, 7) is 1.77. The normalized spacial score (nSPS) is 14.2. The zero-order chi connectivity index (χ0) is 7.00. The van der Waals surface area contributed by atoms with Crippen LogP contribution in [-0.2, 0) is 0 Å². The fourth-order valence-electron chi connectivity index (χ4n) is 0. The summed E-state index contributed by atoms with van der Waals surface area (Å²) in [4.78, 5) is 0. The molecule has 0 aromatic heterocycles. The van der Waals surface area contributed by atoms with E-state index in [-0.39, 0.29) is 0 Å². The van der Waals surface area contributed by atoms with Gasteiger partial charge in [-0.2, -0.15) is 0 Å². The van der Waals surface area contributed by atoms with Gasteiger partial charge in [0.05, 0.1) is 0 Å². The summed E-state index contributed by atoms with van der Waals surface area (Å²) < 4.78 is -0.502. The van der Waals surface area contributed by atoms with E-state index in [9.17, 15) is 0 Å². The Hall–Kier alpha value is 2.05. The molecule has 0 unspecified atom stereocenters. The van der Waals surface area contributed by atoms with Crippen molar-refractivity contribution < 1.29 is 0 Å². The second-order valence-corrected chi connectivity index (χ2v) is 15.9. The first-order chi connectivity index (χ1) is 3.25. The van der Waals surface area contributed by atoms with Crippen molar-refractivity contribution in [2.45, 2.75) is 9.78 Å². The average molecular weight is 321 g/mol. The standard InChI is InChI=1S/C2H3Br2Cl3Si/c1-2(3,4)8(5,6)7/h1H3. The Morgan fingerprint density at radius 2 is 1.38 bits per heavy atom. The molecule has 0 heterocycles. The molecule has 8 heavy (non-hydrogen) atoms. The molecule has 0 aromatic carbocycles. The van der Waals surface area contributed by atoms with Crippen LogP contribution in [0.15, 0.2) is 0 Å². The van der Waals surface area contributed by atoms with E-state index in [1.165, 1.54) is 0 Å². The van der Waals surface area contributed by atoms with Crippen molar-refractivity contribution in [2.75, 3.05) is 0 Å². The van der Waals surface area contributed by atoms with Crippen LogP contribution in [0.25, 0.3) is 0 Å². The zero-order valence-electron chi connectivity index (χ0n) is 3.89. The smallest absolute Gasteiger partial charge is 0.124 e. The number of hydrogen-bond acceptors (Lipinski definition) is 0. The predicted octanol–water partition coefficient (Wildman–Crippen LogP) is 3.69. The number of hydrogen-bond donors (Lipinski definition) is 0. The van der Waals surface area contributed by atoms with Gasteiger partial charge >= 0.3 is 6.00 Å².